The highest BCUT2D eigenvalue weighted by atomic mass is 32.2. The van der Waals surface area contributed by atoms with Crippen LogP contribution in [0.4, 0.5) is 0 Å². The van der Waals surface area contributed by atoms with Gasteiger partial charge in [-0.15, -0.1) is 0 Å². The lowest BCUT2D eigenvalue weighted by atomic mass is 10.1. The quantitative estimate of drug-likeness (QED) is 0.608. The fraction of sp³-hybridized carbons (Fsp3) is 1.00. The van der Waals surface area contributed by atoms with E-state index in [2.05, 4.69) is 0 Å². The summed E-state index contributed by atoms with van der Waals surface area (Å²) in [6.45, 7) is -0.365. The molecular formula is C7H15NO3S. The molecule has 5 heteroatoms. The highest BCUT2D eigenvalue weighted by Crippen LogP contribution is 2.34. The fourth-order valence-corrected chi connectivity index (χ4v) is 2.39. The minimum Gasteiger partial charge on any atom is -0.395 e. The zero-order valence-corrected chi connectivity index (χ0v) is 7.92. The molecule has 1 fully saturated rings. The molecule has 72 valence electrons. The number of hydrogen-bond donors (Lipinski definition) is 2. The molecule has 0 bridgehead atoms. The topological polar surface area (TPSA) is 80.4 Å². The third kappa shape index (κ3) is 2.18. The maximum absolute atomic E-state index is 11.1. The second-order valence-corrected chi connectivity index (χ2v) is 5.73. The van der Waals surface area contributed by atoms with Crippen LogP contribution in [0.25, 0.3) is 0 Å². The molecule has 1 aliphatic carbocycles. The zero-order chi connectivity index (χ0) is 9.35. The van der Waals surface area contributed by atoms with Gasteiger partial charge in [0, 0.05) is 12.3 Å². The van der Waals surface area contributed by atoms with Gasteiger partial charge in [0.15, 0.2) is 9.84 Å². The Morgan fingerprint density at radius 2 is 2.08 bits per heavy atom. The number of rotatable bonds is 4. The van der Waals surface area contributed by atoms with Crippen molar-refractivity contribution in [2.45, 2.75) is 24.1 Å². The van der Waals surface area contributed by atoms with E-state index >= 15 is 0 Å². The highest BCUT2D eigenvalue weighted by molar-refractivity contribution is 7.91. The summed E-state index contributed by atoms with van der Waals surface area (Å²) in [5.41, 5.74) is 5.68. The second-order valence-electron chi connectivity index (χ2n) is 3.47. The van der Waals surface area contributed by atoms with Crippen molar-refractivity contribution in [2.24, 2.45) is 11.7 Å². The number of aliphatic hydroxyl groups excluding tert-OH is 1. The van der Waals surface area contributed by atoms with Crippen molar-refractivity contribution >= 4 is 9.84 Å². The van der Waals surface area contributed by atoms with E-state index in [1.165, 1.54) is 0 Å². The predicted octanol–water partition coefficient (Wildman–Crippen LogP) is -0.871. The van der Waals surface area contributed by atoms with Crippen LogP contribution in [0.3, 0.4) is 0 Å². The van der Waals surface area contributed by atoms with Crippen molar-refractivity contribution in [3.63, 3.8) is 0 Å². The molecule has 12 heavy (non-hydrogen) atoms. The van der Waals surface area contributed by atoms with E-state index in [4.69, 9.17) is 10.8 Å². The van der Waals surface area contributed by atoms with Gasteiger partial charge in [0.05, 0.1) is 11.9 Å². The van der Waals surface area contributed by atoms with Crippen molar-refractivity contribution in [1.82, 2.24) is 0 Å². The van der Waals surface area contributed by atoms with Crippen LogP contribution in [-0.2, 0) is 9.84 Å². The summed E-state index contributed by atoms with van der Waals surface area (Å²) in [6, 6.07) is -0.384. The standard InChI is InChI=1S/C7H15NO3S/c1-12(10,11)6(4-9)7(8)5-2-3-5/h5-7,9H,2-4,8H2,1H3/t6-,7-/m0/s1. The van der Waals surface area contributed by atoms with Gasteiger partial charge in [-0.25, -0.2) is 8.42 Å². The zero-order valence-electron chi connectivity index (χ0n) is 7.10. The van der Waals surface area contributed by atoms with Crippen molar-refractivity contribution < 1.29 is 13.5 Å². The Labute approximate surface area is 72.7 Å². The maximum atomic E-state index is 11.1. The van der Waals surface area contributed by atoms with E-state index < -0.39 is 15.1 Å². The minimum absolute atomic E-state index is 0.303. The molecule has 0 aromatic carbocycles. The lowest BCUT2D eigenvalue weighted by molar-refractivity contribution is 0.272. The molecular weight excluding hydrogens is 178 g/mol. The largest absolute Gasteiger partial charge is 0.395 e. The monoisotopic (exact) mass is 193 g/mol. The molecule has 0 aromatic rings. The van der Waals surface area contributed by atoms with Crippen LogP contribution in [0.15, 0.2) is 0 Å². The average molecular weight is 193 g/mol. The molecule has 1 aliphatic rings. The van der Waals surface area contributed by atoms with Crippen LogP contribution in [0, 0.1) is 5.92 Å². The normalized spacial score (nSPS) is 23.6. The van der Waals surface area contributed by atoms with Gasteiger partial charge in [0.25, 0.3) is 0 Å². The predicted molar refractivity (Wildman–Crippen MR) is 46.4 cm³/mol. The summed E-state index contributed by atoms with van der Waals surface area (Å²) in [5.74, 6) is 0.303. The van der Waals surface area contributed by atoms with Crippen molar-refractivity contribution in [3.8, 4) is 0 Å². The van der Waals surface area contributed by atoms with Crippen LogP contribution in [-0.4, -0.2) is 37.7 Å². The highest BCUT2D eigenvalue weighted by Gasteiger charge is 2.38. The third-order valence-corrected chi connectivity index (χ3v) is 3.89. The molecule has 4 nitrogen and oxygen atoms in total. The van der Waals surface area contributed by atoms with Gasteiger partial charge in [-0.2, -0.15) is 0 Å². The van der Waals surface area contributed by atoms with E-state index in [1.807, 2.05) is 0 Å². The summed E-state index contributed by atoms with van der Waals surface area (Å²) in [4.78, 5) is 0. The molecule has 0 unspecified atom stereocenters. The lowest BCUT2D eigenvalue weighted by Gasteiger charge is -2.19. The van der Waals surface area contributed by atoms with Crippen LogP contribution >= 0.6 is 0 Å². The van der Waals surface area contributed by atoms with Gasteiger partial charge >= 0.3 is 0 Å². The summed E-state index contributed by atoms with van der Waals surface area (Å²) in [6.07, 6.45) is 3.11. The molecule has 0 aliphatic heterocycles. The minimum atomic E-state index is -3.19. The number of aliphatic hydroxyl groups is 1. The van der Waals surface area contributed by atoms with Gasteiger partial charge in [-0.1, -0.05) is 0 Å². The van der Waals surface area contributed by atoms with Crippen LogP contribution in [0.5, 0.6) is 0 Å². The molecule has 0 radical (unpaired) electrons. The second kappa shape index (κ2) is 3.32. The summed E-state index contributed by atoms with van der Waals surface area (Å²) < 4.78 is 22.2. The number of hydrogen-bond acceptors (Lipinski definition) is 4. The first-order valence-corrected chi connectivity index (χ1v) is 5.97. The van der Waals surface area contributed by atoms with E-state index in [9.17, 15) is 8.42 Å². The summed E-state index contributed by atoms with van der Waals surface area (Å²) in [7, 11) is -3.19. The number of nitrogens with two attached hydrogens (primary N) is 1. The lowest BCUT2D eigenvalue weighted by Crippen LogP contribution is -2.44. The Kier molecular flexibility index (Phi) is 2.75. The van der Waals surface area contributed by atoms with Crippen molar-refractivity contribution in [3.05, 3.63) is 0 Å². The van der Waals surface area contributed by atoms with E-state index in [0.717, 1.165) is 19.1 Å². The van der Waals surface area contributed by atoms with Gasteiger partial charge in [0.1, 0.15) is 0 Å². The van der Waals surface area contributed by atoms with E-state index in [0.29, 0.717) is 5.92 Å². The molecule has 1 rings (SSSR count). The molecule has 0 heterocycles. The Morgan fingerprint density at radius 3 is 2.33 bits per heavy atom. The smallest absolute Gasteiger partial charge is 0.154 e. The first kappa shape index (κ1) is 9.95. The first-order chi connectivity index (χ1) is 5.46. The van der Waals surface area contributed by atoms with Gasteiger partial charge in [0.2, 0.25) is 0 Å². The Bertz CT molecular complexity index is 245. The molecule has 1 saturated carbocycles. The van der Waals surface area contributed by atoms with Crippen molar-refractivity contribution in [2.75, 3.05) is 12.9 Å². The van der Waals surface area contributed by atoms with E-state index in [-0.39, 0.29) is 12.6 Å². The third-order valence-electron chi connectivity index (χ3n) is 2.33. The Hall–Kier alpha value is -0.130. The Morgan fingerprint density at radius 1 is 1.58 bits per heavy atom. The summed E-state index contributed by atoms with van der Waals surface area (Å²) >= 11 is 0. The Balaban J connectivity index is 2.67. The van der Waals surface area contributed by atoms with Crippen molar-refractivity contribution in [1.29, 1.82) is 0 Å². The van der Waals surface area contributed by atoms with E-state index in [1.54, 1.807) is 0 Å². The van der Waals surface area contributed by atoms with Gasteiger partial charge in [-0.05, 0) is 18.8 Å². The van der Waals surface area contributed by atoms with Crippen LogP contribution in [0.2, 0.25) is 0 Å². The van der Waals surface area contributed by atoms with Gasteiger partial charge in [-0.3, -0.25) is 0 Å². The fourth-order valence-electron chi connectivity index (χ4n) is 1.33. The van der Waals surface area contributed by atoms with Crippen LogP contribution in [0.1, 0.15) is 12.8 Å². The van der Waals surface area contributed by atoms with Gasteiger partial charge < -0.3 is 10.8 Å². The molecule has 3 N–H and O–H groups in total. The molecule has 0 amide bonds. The average Bonchev–Trinajstić information content (AvgIpc) is 2.65. The SMILES string of the molecule is CS(=O)(=O)[C@@H](CO)[C@@H](N)C1CC1. The maximum Gasteiger partial charge on any atom is 0.154 e. The first-order valence-electron chi connectivity index (χ1n) is 4.02. The molecule has 0 spiro atoms. The molecule has 0 aromatic heterocycles. The summed E-state index contributed by atoms with van der Waals surface area (Å²) in [5, 5.41) is 8.08. The molecule has 2 atom stereocenters. The molecule has 0 saturated heterocycles. The van der Waals surface area contributed by atoms with Crippen LogP contribution < -0.4 is 5.73 Å². The number of sulfone groups is 1.